The third-order valence-corrected chi connectivity index (χ3v) is 2.43. The first-order valence-corrected chi connectivity index (χ1v) is 4.14. The van der Waals surface area contributed by atoms with Crippen molar-refractivity contribution in [2.24, 2.45) is 5.92 Å². The van der Waals surface area contributed by atoms with Crippen molar-refractivity contribution in [2.75, 3.05) is 7.05 Å². The molecule has 0 spiro atoms. The molecule has 11 heavy (non-hydrogen) atoms. The molecule has 1 fully saturated rings. The number of nitrogens with one attached hydrogen (secondary N) is 1. The topological polar surface area (TPSA) is 49.3 Å². The van der Waals surface area contributed by atoms with Crippen LogP contribution in [-0.2, 0) is 4.79 Å². The molecule has 3 nitrogen and oxygen atoms in total. The molecule has 0 amide bonds. The van der Waals surface area contributed by atoms with Gasteiger partial charge in [0.2, 0.25) is 0 Å². The molecule has 0 aromatic rings. The second-order valence-electron chi connectivity index (χ2n) is 3.19. The number of rotatable bonds is 2. The molecular weight excluding hydrogens is 142 g/mol. The lowest BCUT2D eigenvalue weighted by atomic mass is 9.86. The molecule has 64 valence electrons. The monoisotopic (exact) mass is 157 g/mol. The molecule has 0 unspecified atom stereocenters. The van der Waals surface area contributed by atoms with E-state index in [-0.39, 0.29) is 5.92 Å². The van der Waals surface area contributed by atoms with Crippen molar-refractivity contribution in [1.82, 2.24) is 5.32 Å². The van der Waals surface area contributed by atoms with E-state index in [0.717, 1.165) is 25.7 Å². The van der Waals surface area contributed by atoms with Crippen LogP contribution in [-0.4, -0.2) is 24.2 Å². The smallest absolute Gasteiger partial charge is 0.306 e. The quantitative estimate of drug-likeness (QED) is 0.624. The second kappa shape index (κ2) is 3.72. The summed E-state index contributed by atoms with van der Waals surface area (Å²) in [5, 5.41) is 11.8. The zero-order valence-corrected chi connectivity index (χ0v) is 6.84. The van der Waals surface area contributed by atoms with Gasteiger partial charge >= 0.3 is 5.97 Å². The van der Waals surface area contributed by atoms with Gasteiger partial charge in [0.25, 0.3) is 0 Å². The van der Waals surface area contributed by atoms with E-state index in [4.69, 9.17) is 5.11 Å². The van der Waals surface area contributed by atoms with Gasteiger partial charge in [-0.2, -0.15) is 0 Å². The molecule has 3 heteroatoms. The van der Waals surface area contributed by atoms with Crippen molar-refractivity contribution < 1.29 is 9.90 Å². The molecule has 0 radical (unpaired) electrons. The number of aliphatic carboxylic acids is 1. The summed E-state index contributed by atoms with van der Waals surface area (Å²) in [4.78, 5) is 10.6. The van der Waals surface area contributed by atoms with E-state index in [1.165, 1.54) is 0 Å². The van der Waals surface area contributed by atoms with Crippen LogP contribution in [0, 0.1) is 5.92 Å². The summed E-state index contributed by atoms with van der Waals surface area (Å²) < 4.78 is 0. The highest BCUT2D eigenvalue weighted by atomic mass is 16.4. The molecule has 0 aliphatic heterocycles. The Labute approximate surface area is 66.8 Å². The molecule has 0 saturated heterocycles. The Morgan fingerprint density at radius 1 is 1.55 bits per heavy atom. The van der Waals surface area contributed by atoms with Crippen LogP contribution < -0.4 is 5.32 Å². The molecule has 2 atom stereocenters. The van der Waals surface area contributed by atoms with Crippen LogP contribution in [0.2, 0.25) is 0 Å². The lowest BCUT2D eigenvalue weighted by molar-refractivity contribution is -0.143. The van der Waals surface area contributed by atoms with E-state index in [9.17, 15) is 4.79 Å². The Morgan fingerprint density at radius 3 is 2.82 bits per heavy atom. The van der Waals surface area contributed by atoms with E-state index in [1.54, 1.807) is 0 Å². The first-order valence-electron chi connectivity index (χ1n) is 4.14. The third-order valence-electron chi connectivity index (χ3n) is 2.43. The van der Waals surface area contributed by atoms with Gasteiger partial charge in [0.15, 0.2) is 0 Å². The Hall–Kier alpha value is -0.570. The maximum absolute atomic E-state index is 10.6. The van der Waals surface area contributed by atoms with Crippen molar-refractivity contribution >= 4 is 5.97 Å². The summed E-state index contributed by atoms with van der Waals surface area (Å²) in [5.74, 6) is -0.744. The average Bonchev–Trinajstić information content (AvgIpc) is 2.05. The lowest BCUT2D eigenvalue weighted by Crippen LogP contribution is -2.34. The minimum Gasteiger partial charge on any atom is -0.481 e. The minimum atomic E-state index is -0.634. The molecule has 1 aliphatic rings. The largest absolute Gasteiger partial charge is 0.481 e. The van der Waals surface area contributed by atoms with Crippen molar-refractivity contribution in [3.63, 3.8) is 0 Å². The van der Waals surface area contributed by atoms with Crippen LogP contribution >= 0.6 is 0 Å². The number of hydrogen-bond acceptors (Lipinski definition) is 2. The third kappa shape index (κ3) is 2.19. The number of carboxylic acid groups (broad SMARTS) is 1. The van der Waals surface area contributed by atoms with Gasteiger partial charge in [-0.15, -0.1) is 0 Å². The minimum absolute atomic E-state index is 0.110. The standard InChI is InChI=1S/C8H15NO2/c1-9-7-4-2-3-6(5-7)8(10)11/h6-7,9H,2-5H2,1H3,(H,10,11)/t6-,7+/m1/s1. The number of carbonyl (C=O) groups is 1. The molecule has 1 rings (SSSR count). The molecular formula is C8H15NO2. The summed E-state index contributed by atoms with van der Waals surface area (Å²) in [7, 11) is 1.90. The van der Waals surface area contributed by atoms with Crippen LogP contribution in [0.5, 0.6) is 0 Å². The van der Waals surface area contributed by atoms with E-state index in [1.807, 2.05) is 7.05 Å². The van der Waals surface area contributed by atoms with E-state index in [0.29, 0.717) is 6.04 Å². The normalized spacial score (nSPS) is 31.7. The van der Waals surface area contributed by atoms with Gasteiger partial charge < -0.3 is 10.4 Å². The predicted octanol–water partition coefficient (Wildman–Crippen LogP) is 0.849. The molecule has 1 saturated carbocycles. The highest BCUT2D eigenvalue weighted by Crippen LogP contribution is 2.23. The number of carboxylic acids is 1. The van der Waals surface area contributed by atoms with Crippen LogP contribution in [0.1, 0.15) is 25.7 Å². The van der Waals surface area contributed by atoms with E-state index < -0.39 is 5.97 Å². The molecule has 0 aromatic carbocycles. The Kier molecular flexibility index (Phi) is 2.88. The summed E-state index contributed by atoms with van der Waals surface area (Å²) in [6, 6.07) is 0.421. The SMILES string of the molecule is CN[C@H]1CCC[C@@H](C(=O)O)C1. The highest BCUT2D eigenvalue weighted by Gasteiger charge is 2.25. The summed E-state index contributed by atoms with van der Waals surface area (Å²) in [6.45, 7) is 0. The number of hydrogen-bond donors (Lipinski definition) is 2. The second-order valence-corrected chi connectivity index (χ2v) is 3.19. The molecule has 2 N–H and O–H groups in total. The molecule has 0 bridgehead atoms. The van der Waals surface area contributed by atoms with E-state index in [2.05, 4.69) is 5.32 Å². The van der Waals surface area contributed by atoms with Crippen LogP contribution in [0.4, 0.5) is 0 Å². The maximum Gasteiger partial charge on any atom is 0.306 e. The van der Waals surface area contributed by atoms with Crippen molar-refractivity contribution in [3.05, 3.63) is 0 Å². The van der Waals surface area contributed by atoms with Gasteiger partial charge in [0, 0.05) is 6.04 Å². The van der Waals surface area contributed by atoms with Crippen LogP contribution in [0.3, 0.4) is 0 Å². The Morgan fingerprint density at radius 2 is 2.27 bits per heavy atom. The lowest BCUT2D eigenvalue weighted by Gasteiger charge is -2.25. The van der Waals surface area contributed by atoms with Crippen LogP contribution in [0.15, 0.2) is 0 Å². The van der Waals surface area contributed by atoms with Crippen molar-refractivity contribution in [2.45, 2.75) is 31.7 Å². The summed E-state index contributed by atoms with van der Waals surface area (Å²) in [5.41, 5.74) is 0. The Bertz CT molecular complexity index is 147. The Balaban J connectivity index is 2.39. The summed E-state index contributed by atoms with van der Waals surface area (Å²) >= 11 is 0. The zero-order chi connectivity index (χ0) is 8.27. The molecule has 1 aliphatic carbocycles. The van der Waals surface area contributed by atoms with Gasteiger partial charge in [0.1, 0.15) is 0 Å². The first kappa shape index (κ1) is 8.53. The fraction of sp³-hybridized carbons (Fsp3) is 0.875. The predicted molar refractivity (Wildman–Crippen MR) is 42.4 cm³/mol. The molecule has 0 aromatic heterocycles. The fourth-order valence-electron chi connectivity index (χ4n) is 1.68. The zero-order valence-electron chi connectivity index (χ0n) is 6.84. The first-order chi connectivity index (χ1) is 5.24. The van der Waals surface area contributed by atoms with Crippen LogP contribution in [0.25, 0.3) is 0 Å². The van der Waals surface area contributed by atoms with Gasteiger partial charge in [0.05, 0.1) is 5.92 Å². The van der Waals surface area contributed by atoms with E-state index >= 15 is 0 Å². The fourth-order valence-corrected chi connectivity index (χ4v) is 1.68. The van der Waals surface area contributed by atoms with Gasteiger partial charge in [-0.3, -0.25) is 4.79 Å². The average molecular weight is 157 g/mol. The van der Waals surface area contributed by atoms with Gasteiger partial charge in [-0.05, 0) is 26.3 Å². The van der Waals surface area contributed by atoms with Gasteiger partial charge in [-0.25, -0.2) is 0 Å². The van der Waals surface area contributed by atoms with Gasteiger partial charge in [-0.1, -0.05) is 6.42 Å². The molecule has 0 heterocycles. The maximum atomic E-state index is 10.6. The van der Waals surface area contributed by atoms with Crippen molar-refractivity contribution in [3.8, 4) is 0 Å². The van der Waals surface area contributed by atoms with Crippen molar-refractivity contribution in [1.29, 1.82) is 0 Å². The highest BCUT2D eigenvalue weighted by molar-refractivity contribution is 5.70. The summed E-state index contributed by atoms with van der Waals surface area (Å²) in [6.07, 6.45) is 3.82.